The first-order valence-corrected chi connectivity index (χ1v) is 8.79. The Morgan fingerprint density at radius 1 is 1.16 bits per heavy atom. The summed E-state index contributed by atoms with van der Waals surface area (Å²) < 4.78 is 0. The highest BCUT2D eigenvalue weighted by Crippen LogP contribution is 2.38. The molecular formula is C16H26N2S. The molecule has 1 aromatic heterocycles. The van der Waals surface area contributed by atoms with Crippen LogP contribution in [0, 0.1) is 5.92 Å². The summed E-state index contributed by atoms with van der Waals surface area (Å²) in [4.78, 5) is 6.46. The lowest BCUT2D eigenvalue weighted by Gasteiger charge is -2.24. The molecule has 0 unspecified atom stereocenters. The van der Waals surface area contributed by atoms with Crippen molar-refractivity contribution >= 4 is 11.3 Å². The molecule has 2 aliphatic carbocycles. The first kappa shape index (κ1) is 13.6. The highest BCUT2D eigenvalue weighted by molar-refractivity contribution is 7.11. The van der Waals surface area contributed by atoms with Gasteiger partial charge in [-0.15, -0.1) is 11.3 Å². The van der Waals surface area contributed by atoms with E-state index >= 15 is 0 Å². The van der Waals surface area contributed by atoms with Crippen LogP contribution in [-0.4, -0.2) is 11.0 Å². The standard InChI is InChI=1S/C16H26N2S/c1-3-14-15(10-17-13-8-9-13)19-16(18-14)12-6-4-11(2)5-7-12/h11-13,17H,3-10H2,1-2H3. The Morgan fingerprint density at radius 2 is 1.89 bits per heavy atom. The van der Waals surface area contributed by atoms with Gasteiger partial charge in [-0.25, -0.2) is 4.98 Å². The average molecular weight is 278 g/mol. The molecule has 0 aromatic carbocycles. The lowest BCUT2D eigenvalue weighted by molar-refractivity contribution is 0.347. The zero-order chi connectivity index (χ0) is 13.2. The Kier molecular flexibility index (Phi) is 4.23. The monoisotopic (exact) mass is 278 g/mol. The molecule has 2 fully saturated rings. The molecule has 2 saturated carbocycles. The van der Waals surface area contributed by atoms with E-state index < -0.39 is 0 Å². The summed E-state index contributed by atoms with van der Waals surface area (Å²) in [6.45, 7) is 5.68. The molecular weight excluding hydrogens is 252 g/mol. The minimum atomic E-state index is 0.751. The molecule has 3 rings (SSSR count). The molecule has 0 amide bonds. The maximum absolute atomic E-state index is 4.95. The molecule has 2 nitrogen and oxygen atoms in total. The first-order chi connectivity index (χ1) is 9.26. The Bertz CT molecular complexity index is 414. The fraction of sp³-hybridized carbons (Fsp3) is 0.812. The van der Waals surface area contributed by atoms with Gasteiger partial charge in [-0.05, 0) is 38.0 Å². The number of hydrogen-bond donors (Lipinski definition) is 1. The predicted octanol–water partition coefficient (Wildman–Crippen LogP) is 4.25. The van der Waals surface area contributed by atoms with Crippen molar-refractivity contribution in [2.45, 2.75) is 77.3 Å². The molecule has 0 spiro atoms. The average Bonchev–Trinajstić information content (AvgIpc) is 3.16. The topological polar surface area (TPSA) is 24.9 Å². The molecule has 19 heavy (non-hydrogen) atoms. The molecule has 1 aromatic rings. The van der Waals surface area contributed by atoms with E-state index in [1.807, 2.05) is 11.3 Å². The third-order valence-electron chi connectivity index (χ3n) is 4.62. The van der Waals surface area contributed by atoms with Crippen molar-refractivity contribution in [2.24, 2.45) is 5.92 Å². The molecule has 106 valence electrons. The summed E-state index contributed by atoms with van der Waals surface area (Å²) >= 11 is 1.99. The molecule has 2 aliphatic rings. The number of hydrogen-bond acceptors (Lipinski definition) is 3. The number of rotatable bonds is 5. The normalized spacial score (nSPS) is 27.7. The van der Waals surface area contributed by atoms with Gasteiger partial charge < -0.3 is 5.32 Å². The van der Waals surface area contributed by atoms with E-state index in [0.29, 0.717) is 0 Å². The van der Waals surface area contributed by atoms with Crippen molar-refractivity contribution in [3.05, 3.63) is 15.6 Å². The second kappa shape index (κ2) is 5.92. The van der Waals surface area contributed by atoms with Gasteiger partial charge in [-0.2, -0.15) is 0 Å². The molecule has 0 bridgehead atoms. The van der Waals surface area contributed by atoms with Gasteiger partial charge in [-0.1, -0.05) is 26.7 Å². The molecule has 0 aliphatic heterocycles. The highest BCUT2D eigenvalue weighted by Gasteiger charge is 2.25. The van der Waals surface area contributed by atoms with Gasteiger partial charge in [0.2, 0.25) is 0 Å². The third-order valence-corrected chi connectivity index (χ3v) is 5.88. The lowest BCUT2D eigenvalue weighted by atomic mass is 9.83. The van der Waals surface area contributed by atoms with Crippen LogP contribution in [0.2, 0.25) is 0 Å². The number of thiazole rings is 1. The van der Waals surface area contributed by atoms with Gasteiger partial charge in [0.1, 0.15) is 0 Å². The molecule has 1 N–H and O–H groups in total. The van der Waals surface area contributed by atoms with Crippen LogP contribution in [0.4, 0.5) is 0 Å². The summed E-state index contributed by atoms with van der Waals surface area (Å²) in [6.07, 6.45) is 9.31. The van der Waals surface area contributed by atoms with Gasteiger partial charge in [0.25, 0.3) is 0 Å². The van der Waals surface area contributed by atoms with Crippen molar-refractivity contribution in [1.82, 2.24) is 10.3 Å². The predicted molar refractivity (Wildman–Crippen MR) is 81.7 cm³/mol. The van der Waals surface area contributed by atoms with Crippen molar-refractivity contribution in [1.29, 1.82) is 0 Å². The Balaban J connectivity index is 1.67. The van der Waals surface area contributed by atoms with Gasteiger partial charge in [0.15, 0.2) is 0 Å². The summed E-state index contributed by atoms with van der Waals surface area (Å²) in [6, 6.07) is 0.797. The van der Waals surface area contributed by atoms with Gasteiger partial charge in [0, 0.05) is 23.4 Å². The van der Waals surface area contributed by atoms with E-state index in [0.717, 1.165) is 30.8 Å². The third kappa shape index (κ3) is 3.38. The van der Waals surface area contributed by atoms with E-state index in [2.05, 4.69) is 19.2 Å². The van der Waals surface area contributed by atoms with Crippen LogP contribution < -0.4 is 5.32 Å². The Hall–Kier alpha value is -0.410. The van der Waals surface area contributed by atoms with E-state index in [4.69, 9.17) is 4.98 Å². The maximum Gasteiger partial charge on any atom is 0.0962 e. The van der Waals surface area contributed by atoms with Crippen LogP contribution in [0.15, 0.2) is 0 Å². The fourth-order valence-electron chi connectivity index (χ4n) is 3.02. The SMILES string of the molecule is CCc1nc(C2CCC(C)CC2)sc1CNC1CC1. The second-order valence-electron chi connectivity index (χ2n) is 6.39. The smallest absolute Gasteiger partial charge is 0.0962 e. The Morgan fingerprint density at radius 3 is 2.53 bits per heavy atom. The van der Waals surface area contributed by atoms with E-state index in [-0.39, 0.29) is 0 Å². The van der Waals surface area contributed by atoms with Gasteiger partial charge >= 0.3 is 0 Å². The van der Waals surface area contributed by atoms with Crippen molar-refractivity contribution in [3.8, 4) is 0 Å². The quantitative estimate of drug-likeness (QED) is 0.871. The molecule has 0 radical (unpaired) electrons. The second-order valence-corrected chi connectivity index (χ2v) is 7.50. The Labute approximate surface area is 121 Å². The maximum atomic E-state index is 4.95. The van der Waals surface area contributed by atoms with Crippen molar-refractivity contribution in [2.75, 3.05) is 0 Å². The highest BCUT2D eigenvalue weighted by atomic mass is 32.1. The van der Waals surface area contributed by atoms with E-state index in [1.165, 1.54) is 54.1 Å². The molecule has 0 atom stereocenters. The molecule has 0 saturated heterocycles. The van der Waals surface area contributed by atoms with Crippen LogP contribution in [0.5, 0.6) is 0 Å². The van der Waals surface area contributed by atoms with E-state index in [9.17, 15) is 0 Å². The van der Waals surface area contributed by atoms with Crippen LogP contribution in [0.1, 0.15) is 73.9 Å². The number of aryl methyl sites for hydroxylation is 1. The summed E-state index contributed by atoms with van der Waals surface area (Å²) in [5.41, 5.74) is 1.35. The van der Waals surface area contributed by atoms with Crippen LogP contribution in [0.25, 0.3) is 0 Å². The van der Waals surface area contributed by atoms with E-state index in [1.54, 1.807) is 0 Å². The largest absolute Gasteiger partial charge is 0.309 e. The zero-order valence-corrected chi connectivity index (χ0v) is 13.1. The van der Waals surface area contributed by atoms with Crippen LogP contribution in [-0.2, 0) is 13.0 Å². The summed E-state index contributed by atoms with van der Waals surface area (Å²) in [7, 11) is 0. The summed E-state index contributed by atoms with van der Waals surface area (Å²) in [5, 5.41) is 5.07. The fourth-order valence-corrected chi connectivity index (χ4v) is 4.30. The zero-order valence-electron chi connectivity index (χ0n) is 12.2. The molecule has 1 heterocycles. The number of nitrogens with one attached hydrogen (secondary N) is 1. The minimum Gasteiger partial charge on any atom is -0.309 e. The van der Waals surface area contributed by atoms with Crippen LogP contribution >= 0.6 is 11.3 Å². The van der Waals surface area contributed by atoms with Gasteiger partial charge in [-0.3, -0.25) is 0 Å². The van der Waals surface area contributed by atoms with Gasteiger partial charge in [0.05, 0.1) is 10.7 Å². The first-order valence-electron chi connectivity index (χ1n) is 7.98. The van der Waals surface area contributed by atoms with Crippen LogP contribution in [0.3, 0.4) is 0 Å². The lowest BCUT2D eigenvalue weighted by Crippen LogP contribution is -2.15. The van der Waals surface area contributed by atoms with Crippen molar-refractivity contribution in [3.63, 3.8) is 0 Å². The molecule has 3 heteroatoms. The van der Waals surface area contributed by atoms with Crippen molar-refractivity contribution < 1.29 is 0 Å². The number of nitrogens with zero attached hydrogens (tertiary/aromatic N) is 1. The number of aromatic nitrogens is 1. The summed E-state index contributed by atoms with van der Waals surface area (Å²) in [5.74, 6) is 1.68. The minimum absolute atomic E-state index is 0.751.